The number of nitrogens with zero attached hydrogens (tertiary/aromatic N) is 3. The molecule has 0 bridgehead atoms. The molecule has 2 heterocycles. The van der Waals surface area contributed by atoms with Crippen molar-refractivity contribution in [3.63, 3.8) is 0 Å². The summed E-state index contributed by atoms with van der Waals surface area (Å²) in [6.45, 7) is 3.05. The second kappa shape index (κ2) is 6.56. The third-order valence-corrected chi connectivity index (χ3v) is 4.96. The number of pyridine rings is 1. The predicted molar refractivity (Wildman–Crippen MR) is 82.6 cm³/mol. The molecule has 4 nitrogen and oxygen atoms in total. The van der Waals surface area contributed by atoms with Gasteiger partial charge in [-0.15, -0.1) is 0 Å². The smallest absolute Gasteiger partial charge is 0.225 e. The lowest BCUT2D eigenvalue weighted by molar-refractivity contribution is -0.140. The van der Waals surface area contributed by atoms with Gasteiger partial charge in [0, 0.05) is 44.5 Å². The molecule has 1 amide bonds. The Labute approximate surface area is 127 Å². The topological polar surface area (TPSA) is 36.4 Å². The molecular formula is C17H25N3O. The van der Waals surface area contributed by atoms with Crippen molar-refractivity contribution < 1.29 is 4.79 Å². The summed E-state index contributed by atoms with van der Waals surface area (Å²) in [7, 11) is 2.00. The summed E-state index contributed by atoms with van der Waals surface area (Å²) in [5.41, 5.74) is 1.26. The Morgan fingerprint density at radius 1 is 1.38 bits per heavy atom. The Bertz CT molecular complexity index is 472. The summed E-state index contributed by atoms with van der Waals surface area (Å²) in [4.78, 5) is 21.1. The van der Waals surface area contributed by atoms with Crippen molar-refractivity contribution in [2.45, 2.75) is 44.7 Å². The van der Waals surface area contributed by atoms with Crippen LogP contribution in [-0.4, -0.2) is 46.9 Å². The van der Waals surface area contributed by atoms with E-state index >= 15 is 0 Å². The molecule has 2 fully saturated rings. The quantitative estimate of drug-likeness (QED) is 0.852. The van der Waals surface area contributed by atoms with E-state index in [0.29, 0.717) is 17.9 Å². The van der Waals surface area contributed by atoms with Gasteiger partial charge < -0.3 is 4.90 Å². The van der Waals surface area contributed by atoms with E-state index in [9.17, 15) is 4.79 Å². The highest BCUT2D eigenvalue weighted by Crippen LogP contribution is 2.29. The molecule has 1 saturated carbocycles. The molecule has 1 aromatic rings. The second-order valence-electron chi connectivity index (χ2n) is 6.47. The molecule has 1 unspecified atom stereocenters. The molecule has 0 N–H and O–H groups in total. The maximum absolute atomic E-state index is 12.4. The number of piperidine rings is 1. The van der Waals surface area contributed by atoms with Gasteiger partial charge in [-0.25, -0.2) is 0 Å². The summed E-state index contributed by atoms with van der Waals surface area (Å²) in [5, 5.41) is 0. The highest BCUT2D eigenvalue weighted by Gasteiger charge is 2.32. The van der Waals surface area contributed by atoms with Crippen molar-refractivity contribution >= 4 is 5.91 Å². The normalized spacial score (nSPS) is 23.6. The van der Waals surface area contributed by atoms with Crippen LogP contribution in [0.25, 0.3) is 0 Å². The van der Waals surface area contributed by atoms with Gasteiger partial charge >= 0.3 is 0 Å². The zero-order chi connectivity index (χ0) is 14.7. The van der Waals surface area contributed by atoms with Crippen LogP contribution in [0.2, 0.25) is 0 Å². The zero-order valence-corrected chi connectivity index (χ0v) is 12.9. The molecule has 4 heteroatoms. The van der Waals surface area contributed by atoms with E-state index in [1.54, 1.807) is 0 Å². The highest BCUT2D eigenvalue weighted by molar-refractivity contribution is 5.79. The molecular weight excluding hydrogens is 262 g/mol. The first-order valence-corrected chi connectivity index (χ1v) is 8.12. The standard InChI is InChI=1S/C17H25N3O/c1-19(17(21)15-6-2-7-15)16-8-4-10-20(13-16)12-14-5-3-9-18-11-14/h3,5,9,11,15-16H,2,4,6-8,10,12-13H2,1H3. The highest BCUT2D eigenvalue weighted by atomic mass is 16.2. The number of amides is 1. The summed E-state index contributed by atoms with van der Waals surface area (Å²) < 4.78 is 0. The number of hydrogen-bond donors (Lipinski definition) is 0. The van der Waals surface area contributed by atoms with Gasteiger partial charge in [0.05, 0.1) is 0 Å². The van der Waals surface area contributed by atoms with Crippen LogP contribution in [-0.2, 0) is 11.3 Å². The molecule has 2 aliphatic rings. The first-order valence-electron chi connectivity index (χ1n) is 8.12. The molecule has 1 atom stereocenters. The molecule has 1 aliphatic heterocycles. The summed E-state index contributed by atoms with van der Waals surface area (Å²) >= 11 is 0. The number of carbonyl (C=O) groups is 1. The van der Waals surface area contributed by atoms with Crippen LogP contribution in [0.15, 0.2) is 24.5 Å². The number of rotatable bonds is 4. The van der Waals surface area contributed by atoms with E-state index in [1.807, 2.05) is 30.4 Å². The van der Waals surface area contributed by atoms with Crippen LogP contribution in [0.1, 0.15) is 37.7 Å². The van der Waals surface area contributed by atoms with Gasteiger partial charge in [-0.2, -0.15) is 0 Å². The van der Waals surface area contributed by atoms with E-state index < -0.39 is 0 Å². The first-order chi connectivity index (χ1) is 10.2. The third kappa shape index (κ3) is 3.43. The van der Waals surface area contributed by atoms with Crippen molar-refractivity contribution in [3.8, 4) is 0 Å². The van der Waals surface area contributed by atoms with Gasteiger partial charge in [0.2, 0.25) is 5.91 Å². The van der Waals surface area contributed by atoms with Crippen LogP contribution in [0.4, 0.5) is 0 Å². The maximum Gasteiger partial charge on any atom is 0.225 e. The van der Waals surface area contributed by atoms with Crippen LogP contribution in [0.5, 0.6) is 0 Å². The second-order valence-corrected chi connectivity index (χ2v) is 6.47. The van der Waals surface area contributed by atoms with E-state index in [-0.39, 0.29) is 0 Å². The Hall–Kier alpha value is -1.42. The molecule has 0 radical (unpaired) electrons. The minimum Gasteiger partial charge on any atom is -0.341 e. The van der Waals surface area contributed by atoms with Gasteiger partial charge in [-0.3, -0.25) is 14.7 Å². The van der Waals surface area contributed by atoms with Crippen LogP contribution < -0.4 is 0 Å². The number of carbonyl (C=O) groups excluding carboxylic acids is 1. The van der Waals surface area contributed by atoms with Crippen molar-refractivity contribution in [3.05, 3.63) is 30.1 Å². The van der Waals surface area contributed by atoms with E-state index in [4.69, 9.17) is 0 Å². The van der Waals surface area contributed by atoms with Crippen molar-refractivity contribution in [2.75, 3.05) is 20.1 Å². The predicted octanol–water partition coefficient (Wildman–Crippen LogP) is 2.30. The Kier molecular flexibility index (Phi) is 4.54. The molecule has 0 spiro atoms. The minimum absolute atomic E-state index is 0.309. The van der Waals surface area contributed by atoms with Gasteiger partial charge in [0.1, 0.15) is 0 Å². The molecule has 1 saturated heterocycles. The summed E-state index contributed by atoms with van der Waals surface area (Å²) in [6, 6.07) is 4.49. The Balaban J connectivity index is 1.56. The lowest BCUT2D eigenvalue weighted by atomic mass is 9.84. The fourth-order valence-electron chi connectivity index (χ4n) is 3.36. The lowest BCUT2D eigenvalue weighted by Crippen LogP contribution is -2.50. The molecule has 21 heavy (non-hydrogen) atoms. The minimum atomic E-state index is 0.309. The zero-order valence-electron chi connectivity index (χ0n) is 12.9. The van der Waals surface area contributed by atoms with Crippen LogP contribution in [0.3, 0.4) is 0 Å². The van der Waals surface area contributed by atoms with Gasteiger partial charge in [-0.05, 0) is 43.9 Å². The third-order valence-electron chi connectivity index (χ3n) is 4.96. The number of hydrogen-bond acceptors (Lipinski definition) is 3. The first kappa shape index (κ1) is 14.5. The largest absolute Gasteiger partial charge is 0.341 e. The molecule has 1 aromatic heterocycles. The van der Waals surface area contributed by atoms with Crippen molar-refractivity contribution in [1.29, 1.82) is 0 Å². The monoisotopic (exact) mass is 287 g/mol. The summed E-state index contributed by atoms with van der Waals surface area (Å²) in [6.07, 6.45) is 9.47. The lowest BCUT2D eigenvalue weighted by Gasteiger charge is -2.40. The molecule has 0 aromatic carbocycles. The maximum atomic E-state index is 12.4. The Morgan fingerprint density at radius 3 is 2.90 bits per heavy atom. The SMILES string of the molecule is CN(C(=O)C1CCC1)C1CCCN(Cc2cccnc2)C1. The number of likely N-dealkylation sites (tertiary alicyclic amines) is 1. The van der Waals surface area contributed by atoms with E-state index in [0.717, 1.165) is 38.9 Å². The average molecular weight is 287 g/mol. The summed E-state index contributed by atoms with van der Waals surface area (Å²) in [5.74, 6) is 0.679. The Morgan fingerprint density at radius 2 is 2.24 bits per heavy atom. The van der Waals surface area contributed by atoms with Crippen molar-refractivity contribution in [1.82, 2.24) is 14.8 Å². The van der Waals surface area contributed by atoms with Crippen molar-refractivity contribution in [2.24, 2.45) is 5.92 Å². The molecule has 1 aliphatic carbocycles. The van der Waals surface area contributed by atoms with Gasteiger partial charge in [-0.1, -0.05) is 12.5 Å². The average Bonchev–Trinajstić information content (AvgIpc) is 2.46. The molecule has 114 valence electrons. The van der Waals surface area contributed by atoms with Gasteiger partial charge in [0.25, 0.3) is 0 Å². The fraction of sp³-hybridized carbons (Fsp3) is 0.647. The fourth-order valence-corrected chi connectivity index (χ4v) is 3.36. The van der Waals surface area contributed by atoms with Crippen LogP contribution >= 0.6 is 0 Å². The van der Waals surface area contributed by atoms with E-state index in [1.165, 1.54) is 18.4 Å². The van der Waals surface area contributed by atoms with E-state index in [2.05, 4.69) is 16.0 Å². The number of likely N-dealkylation sites (N-methyl/N-ethyl adjacent to an activating group) is 1. The van der Waals surface area contributed by atoms with Crippen LogP contribution in [0, 0.1) is 5.92 Å². The van der Waals surface area contributed by atoms with Gasteiger partial charge in [0.15, 0.2) is 0 Å². The molecule has 3 rings (SSSR count). The number of aromatic nitrogens is 1.